The van der Waals surface area contributed by atoms with Crippen LogP contribution in [0.1, 0.15) is 5.56 Å². The van der Waals surface area contributed by atoms with E-state index in [2.05, 4.69) is 4.98 Å². The molecule has 0 amide bonds. The third kappa shape index (κ3) is 2.60. The summed E-state index contributed by atoms with van der Waals surface area (Å²) < 4.78 is 26.7. The average molecular weight is 248 g/mol. The van der Waals surface area contributed by atoms with Gasteiger partial charge in [0.15, 0.2) is 5.82 Å². The highest BCUT2D eigenvalue weighted by molar-refractivity contribution is 7.99. The summed E-state index contributed by atoms with van der Waals surface area (Å²) in [6.45, 7) is 0. The average Bonchev–Trinajstić information content (AvgIpc) is 2.34. The summed E-state index contributed by atoms with van der Waals surface area (Å²) in [5.41, 5.74) is -0.389. The molecule has 0 aliphatic rings. The number of benzene rings is 1. The van der Waals surface area contributed by atoms with Gasteiger partial charge in [0, 0.05) is 4.90 Å². The van der Waals surface area contributed by atoms with Crippen LogP contribution >= 0.6 is 11.8 Å². The van der Waals surface area contributed by atoms with E-state index in [1.807, 2.05) is 6.07 Å². The summed E-state index contributed by atoms with van der Waals surface area (Å²) in [7, 11) is 0. The molecule has 0 bridgehead atoms. The van der Waals surface area contributed by atoms with Gasteiger partial charge in [-0.3, -0.25) is 0 Å². The van der Waals surface area contributed by atoms with Gasteiger partial charge in [0.05, 0.1) is 0 Å². The molecule has 84 valence electrons. The fourth-order valence-corrected chi connectivity index (χ4v) is 2.00. The van der Waals surface area contributed by atoms with E-state index >= 15 is 0 Å². The van der Waals surface area contributed by atoms with Crippen molar-refractivity contribution in [2.24, 2.45) is 0 Å². The number of nitriles is 1. The van der Waals surface area contributed by atoms with Crippen LogP contribution in [-0.4, -0.2) is 4.98 Å². The number of hydrogen-bond donors (Lipinski definition) is 0. The molecular weight excluding hydrogens is 242 g/mol. The molecule has 0 radical (unpaired) electrons. The fraction of sp³-hybridized carbons (Fsp3) is 0. The Morgan fingerprint density at radius 2 is 1.88 bits per heavy atom. The minimum Gasteiger partial charge on any atom is -0.209 e. The first-order chi connectivity index (χ1) is 8.20. The summed E-state index contributed by atoms with van der Waals surface area (Å²) in [5, 5.41) is 8.44. The van der Waals surface area contributed by atoms with Crippen molar-refractivity contribution >= 4 is 11.8 Å². The molecule has 5 heteroatoms. The van der Waals surface area contributed by atoms with Crippen molar-refractivity contribution in [3.63, 3.8) is 0 Å². The van der Waals surface area contributed by atoms with Crippen molar-refractivity contribution < 1.29 is 8.78 Å². The van der Waals surface area contributed by atoms with Gasteiger partial charge in [-0.1, -0.05) is 30.0 Å². The summed E-state index contributed by atoms with van der Waals surface area (Å²) in [4.78, 5) is 4.19. The standard InChI is InChI=1S/C12H6F2N2S/c13-10-6-8(7-15)11(14)16-12(10)17-9-4-2-1-3-5-9/h1-6H. The molecule has 0 saturated carbocycles. The van der Waals surface area contributed by atoms with Gasteiger partial charge in [-0.25, -0.2) is 9.37 Å². The third-order valence-electron chi connectivity index (χ3n) is 1.98. The molecule has 2 rings (SSSR count). The lowest BCUT2D eigenvalue weighted by Crippen LogP contribution is -1.95. The van der Waals surface area contributed by atoms with Crippen LogP contribution in [0.4, 0.5) is 8.78 Å². The number of rotatable bonds is 2. The van der Waals surface area contributed by atoms with E-state index in [0.717, 1.165) is 22.7 Å². The molecule has 17 heavy (non-hydrogen) atoms. The minimum atomic E-state index is -0.952. The SMILES string of the molecule is N#Cc1cc(F)c(Sc2ccccc2)nc1F. The second-order valence-electron chi connectivity index (χ2n) is 3.14. The normalized spacial score (nSPS) is 9.94. The van der Waals surface area contributed by atoms with E-state index in [9.17, 15) is 8.78 Å². The molecule has 2 aromatic rings. The maximum absolute atomic E-state index is 13.5. The Bertz CT molecular complexity index is 579. The Labute approximate surface area is 101 Å². The van der Waals surface area contributed by atoms with Crippen molar-refractivity contribution in [1.82, 2.24) is 4.98 Å². The molecule has 0 N–H and O–H groups in total. The molecule has 0 unspecified atom stereocenters. The molecule has 0 aliphatic heterocycles. The van der Waals surface area contributed by atoms with Gasteiger partial charge in [0.2, 0.25) is 5.95 Å². The van der Waals surface area contributed by atoms with Crippen LogP contribution in [0.25, 0.3) is 0 Å². The van der Waals surface area contributed by atoms with E-state index in [-0.39, 0.29) is 10.6 Å². The molecule has 0 spiro atoms. The largest absolute Gasteiger partial charge is 0.232 e. The third-order valence-corrected chi connectivity index (χ3v) is 2.96. The highest BCUT2D eigenvalue weighted by Gasteiger charge is 2.12. The summed E-state index contributed by atoms with van der Waals surface area (Å²) in [6, 6.07) is 11.3. The Morgan fingerprint density at radius 1 is 1.18 bits per heavy atom. The van der Waals surface area contributed by atoms with E-state index in [4.69, 9.17) is 5.26 Å². The molecule has 2 nitrogen and oxygen atoms in total. The first kappa shape index (κ1) is 11.6. The van der Waals surface area contributed by atoms with Gasteiger partial charge in [-0.15, -0.1) is 0 Å². The van der Waals surface area contributed by atoms with E-state index in [0.29, 0.717) is 0 Å². The second kappa shape index (κ2) is 4.93. The number of pyridine rings is 1. The molecule has 0 saturated heterocycles. The maximum atomic E-state index is 13.5. The first-order valence-corrected chi connectivity index (χ1v) is 5.51. The minimum absolute atomic E-state index is 0.0762. The van der Waals surface area contributed by atoms with Crippen molar-refractivity contribution in [2.75, 3.05) is 0 Å². The van der Waals surface area contributed by atoms with Crippen molar-refractivity contribution in [2.45, 2.75) is 9.92 Å². The highest BCUT2D eigenvalue weighted by atomic mass is 32.2. The lowest BCUT2D eigenvalue weighted by Gasteiger charge is -2.02. The van der Waals surface area contributed by atoms with Crippen LogP contribution in [0.5, 0.6) is 0 Å². The second-order valence-corrected chi connectivity index (χ2v) is 4.20. The lowest BCUT2D eigenvalue weighted by molar-refractivity contribution is 0.527. The van der Waals surface area contributed by atoms with Crippen LogP contribution < -0.4 is 0 Å². The Hall–Kier alpha value is -1.93. The molecule has 0 fully saturated rings. The van der Waals surface area contributed by atoms with Crippen LogP contribution in [0.15, 0.2) is 46.3 Å². The van der Waals surface area contributed by atoms with E-state index < -0.39 is 11.8 Å². The predicted octanol–water partition coefficient (Wildman–Crippen LogP) is 3.38. The van der Waals surface area contributed by atoms with Crippen LogP contribution in [-0.2, 0) is 0 Å². The van der Waals surface area contributed by atoms with Gasteiger partial charge >= 0.3 is 0 Å². The molecule has 1 heterocycles. The monoisotopic (exact) mass is 248 g/mol. The van der Waals surface area contributed by atoms with Crippen molar-refractivity contribution in [1.29, 1.82) is 5.26 Å². The molecule has 0 atom stereocenters. The number of aromatic nitrogens is 1. The number of hydrogen-bond acceptors (Lipinski definition) is 3. The molecular formula is C12H6F2N2S. The number of nitrogens with zero attached hydrogens (tertiary/aromatic N) is 2. The first-order valence-electron chi connectivity index (χ1n) is 4.70. The van der Waals surface area contributed by atoms with Crippen LogP contribution in [0, 0.1) is 23.1 Å². The predicted molar refractivity (Wildman–Crippen MR) is 59.4 cm³/mol. The lowest BCUT2D eigenvalue weighted by atomic mass is 10.3. The topological polar surface area (TPSA) is 36.7 Å². The number of halogens is 2. The summed E-state index contributed by atoms with van der Waals surface area (Å²) in [5.74, 6) is -1.65. The fourth-order valence-electron chi connectivity index (χ4n) is 1.20. The maximum Gasteiger partial charge on any atom is 0.232 e. The zero-order valence-electron chi connectivity index (χ0n) is 8.52. The molecule has 0 aliphatic carbocycles. The molecule has 1 aromatic heterocycles. The van der Waals surface area contributed by atoms with Gasteiger partial charge in [0.25, 0.3) is 0 Å². The van der Waals surface area contributed by atoms with Gasteiger partial charge in [0.1, 0.15) is 16.7 Å². The van der Waals surface area contributed by atoms with E-state index in [1.54, 1.807) is 30.3 Å². The Morgan fingerprint density at radius 3 is 2.53 bits per heavy atom. The van der Waals surface area contributed by atoms with Crippen LogP contribution in [0.3, 0.4) is 0 Å². The smallest absolute Gasteiger partial charge is 0.209 e. The quantitative estimate of drug-likeness (QED) is 0.764. The summed E-state index contributed by atoms with van der Waals surface area (Å²) in [6.07, 6.45) is 0. The van der Waals surface area contributed by atoms with Gasteiger partial charge < -0.3 is 0 Å². The molecule has 1 aromatic carbocycles. The zero-order valence-corrected chi connectivity index (χ0v) is 9.34. The van der Waals surface area contributed by atoms with E-state index in [1.165, 1.54) is 0 Å². The zero-order chi connectivity index (χ0) is 12.3. The van der Waals surface area contributed by atoms with Crippen molar-refractivity contribution in [3.8, 4) is 6.07 Å². The highest BCUT2D eigenvalue weighted by Crippen LogP contribution is 2.28. The van der Waals surface area contributed by atoms with Crippen LogP contribution in [0.2, 0.25) is 0 Å². The Kier molecular flexibility index (Phi) is 3.35. The summed E-state index contributed by atoms with van der Waals surface area (Å²) >= 11 is 1.01. The van der Waals surface area contributed by atoms with Crippen molar-refractivity contribution in [3.05, 3.63) is 53.7 Å². The van der Waals surface area contributed by atoms with Gasteiger partial charge in [-0.2, -0.15) is 9.65 Å². The van der Waals surface area contributed by atoms with Gasteiger partial charge in [-0.05, 0) is 18.2 Å². The Balaban J connectivity index is 2.35.